The fraction of sp³-hybridized carbons (Fsp3) is 0.333. The van der Waals surface area contributed by atoms with Crippen LogP contribution in [0.5, 0.6) is 0 Å². The van der Waals surface area contributed by atoms with E-state index in [0.29, 0.717) is 48.7 Å². The van der Waals surface area contributed by atoms with Gasteiger partial charge in [0, 0.05) is 55.1 Å². The van der Waals surface area contributed by atoms with Crippen molar-refractivity contribution in [1.82, 2.24) is 15.2 Å². The van der Waals surface area contributed by atoms with Gasteiger partial charge in [0.15, 0.2) is 0 Å². The zero-order chi connectivity index (χ0) is 22.2. The molecule has 0 atom stereocenters. The number of amides is 2. The molecule has 31 heavy (non-hydrogen) atoms. The summed E-state index contributed by atoms with van der Waals surface area (Å²) in [5.74, 6) is 0.147. The number of nitrogens with zero attached hydrogens (tertiary/aromatic N) is 3. The maximum Gasteiger partial charge on any atom is 0.251 e. The minimum Gasteiger partial charge on any atom is -0.387 e. The Hall–Kier alpha value is -3.48. The minimum atomic E-state index is -0.206. The Kier molecular flexibility index (Phi) is 7.54. The van der Waals surface area contributed by atoms with Gasteiger partial charge in [0.25, 0.3) is 5.91 Å². The number of pyridine rings is 1. The SMILES string of the molecule is CCCN(CCC)C(=O)C1=Cc2ccc(C(=O)NCc3cccnc3)cc2N=C(N)C1. The quantitative estimate of drug-likeness (QED) is 0.684. The molecule has 1 aromatic heterocycles. The maximum atomic E-state index is 13.1. The summed E-state index contributed by atoms with van der Waals surface area (Å²) >= 11 is 0. The Morgan fingerprint density at radius 3 is 2.61 bits per heavy atom. The van der Waals surface area contributed by atoms with Crippen LogP contribution in [0.4, 0.5) is 5.69 Å². The lowest BCUT2D eigenvalue weighted by atomic mass is 10.0. The molecule has 0 spiro atoms. The molecule has 3 rings (SSSR count). The molecule has 0 fully saturated rings. The van der Waals surface area contributed by atoms with Gasteiger partial charge in [-0.1, -0.05) is 26.0 Å². The van der Waals surface area contributed by atoms with E-state index in [4.69, 9.17) is 5.73 Å². The fourth-order valence-corrected chi connectivity index (χ4v) is 3.51. The number of nitrogens with two attached hydrogens (primary N) is 1. The molecule has 1 aromatic carbocycles. The average Bonchev–Trinajstić information content (AvgIpc) is 2.94. The largest absolute Gasteiger partial charge is 0.387 e. The van der Waals surface area contributed by atoms with Crippen molar-refractivity contribution in [2.45, 2.75) is 39.7 Å². The summed E-state index contributed by atoms with van der Waals surface area (Å²) in [6, 6.07) is 8.99. The van der Waals surface area contributed by atoms with Crippen LogP contribution in [0.15, 0.2) is 53.3 Å². The van der Waals surface area contributed by atoms with Crippen LogP contribution >= 0.6 is 0 Å². The van der Waals surface area contributed by atoms with E-state index in [1.54, 1.807) is 24.5 Å². The van der Waals surface area contributed by atoms with Gasteiger partial charge in [0.05, 0.1) is 5.69 Å². The highest BCUT2D eigenvalue weighted by Crippen LogP contribution is 2.28. The van der Waals surface area contributed by atoms with Crippen LogP contribution in [0.2, 0.25) is 0 Å². The number of fused-ring (bicyclic) bond motifs is 1. The highest BCUT2D eigenvalue weighted by atomic mass is 16.2. The standard InChI is InChI=1S/C24H29N5O2/c1-3-10-29(11-4-2)24(31)20-12-18-7-8-19(13-21(18)28-22(25)14-20)23(30)27-16-17-6-5-9-26-15-17/h5-9,12-13,15H,3-4,10-11,14,16H2,1-2H3,(H2,25,28)(H,27,30). The summed E-state index contributed by atoms with van der Waals surface area (Å²) in [6.45, 7) is 5.93. The van der Waals surface area contributed by atoms with Gasteiger partial charge in [0.2, 0.25) is 5.91 Å². The molecule has 1 aliphatic heterocycles. The molecule has 7 nitrogen and oxygen atoms in total. The number of hydrogen-bond donors (Lipinski definition) is 2. The Bertz CT molecular complexity index is 992. The topological polar surface area (TPSA) is 101 Å². The van der Waals surface area contributed by atoms with Crippen LogP contribution in [0, 0.1) is 0 Å². The van der Waals surface area contributed by atoms with Crippen LogP contribution < -0.4 is 11.1 Å². The van der Waals surface area contributed by atoms with Crippen molar-refractivity contribution in [3.63, 3.8) is 0 Å². The molecule has 0 aliphatic carbocycles. The molecule has 2 heterocycles. The van der Waals surface area contributed by atoms with Crippen molar-refractivity contribution in [1.29, 1.82) is 0 Å². The third-order valence-corrected chi connectivity index (χ3v) is 4.98. The molecular formula is C24H29N5O2. The lowest BCUT2D eigenvalue weighted by Gasteiger charge is -2.22. The molecule has 162 valence electrons. The maximum absolute atomic E-state index is 13.1. The number of rotatable bonds is 8. The van der Waals surface area contributed by atoms with Gasteiger partial charge in [-0.25, -0.2) is 4.99 Å². The van der Waals surface area contributed by atoms with E-state index in [9.17, 15) is 9.59 Å². The van der Waals surface area contributed by atoms with Gasteiger partial charge in [-0.15, -0.1) is 0 Å². The molecule has 0 unspecified atom stereocenters. The summed E-state index contributed by atoms with van der Waals surface area (Å²) in [6.07, 6.45) is 7.34. The highest BCUT2D eigenvalue weighted by Gasteiger charge is 2.21. The molecular weight excluding hydrogens is 390 g/mol. The van der Waals surface area contributed by atoms with Crippen molar-refractivity contribution >= 4 is 29.4 Å². The number of aliphatic imine (C=N–C) groups is 1. The second kappa shape index (κ2) is 10.5. The van der Waals surface area contributed by atoms with Gasteiger partial charge in [0.1, 0.15) is 5.84 Å². The third-order valence-electron chi connectivity index (χ3n) is 4.98. The summed E-state index contributed by atoms with van der Waals surface area (Å²) in [5, 5.41) is 2.88. The Balaban J connectivity index is 1.81. The molecule has 3 N–H and O–H groups in total. The number of benzene rings is 1. The number of hydrogen-bond acceptors (Lipinski definition) is 5. The Labute approximate surface area is 183 Å². The Morgan fingerprint density at radius 2 is 1.94 bits per heavy atom. The number of aromatic nitrogens is 1. The summed E-state index contributed by atoms with van der Waals surface area (Å²) < 4.78 is 0. The van der Waals surface area contributed by atoms with Crippen LogP contribution in [-0.4, -0.2) is 40.6 Å². The van der Waals surface area contributed by atoms with Crippen LogP contribution in [0.25, 0.3) is 6.08 Å². The fourth-order valence-electron chi connectivity index (χ4n) is 3.51. The second-order valence-corrected chi connectivity index (χ2v) is 7.56. The van der Waals surface area contributed by atoms with E-state index in [-0.39, 0.29) is 11.8 Å². The van der Waals surface area contributed by atoms with E-state index in [2.05, 4.69) is 29.1 Å². The molecule has 7 heteroatoms. The van der Waals surface area contributed by atoms with Crippen molar-refractivity contribution < 1.29 is 9.59 Å². The van der Waals surface area contributed by atoms with Crippen molar-refractivity contribution in [2.75, 3.05) is 13.1 Å². The average molecular weight is 420 g/mol. The smallest absolute Gasteiger partial charge is 0.251 e. The minimum absolute atomic E-state index is 0.00649. The molecule has 0 bridgehead atoms. The molecule has 1 aliphatic rings. The van der Waals surface area contributed by atoms with E-state index in [1.165, 1.54) is 0 Å². The van der Waals surface area contributed by atoms with E-state index in [1.807, 2.05) is 29.2 Å². The van der Waals surface area contributed by atoms with Gasteiger partial charge in [-0.2, -0.15) is 0 Å². The number of nitrogens with one attached hydrogen (secondary N) is 1. The lowest BCUT2D eigenvalue weighted by molar-refractivity contribution is -0.127. The monoisotopic (exact) mass is 419 g/mol. The first-order valence-electron chi connectivity index (χ1n) is 10.7. The predicted molar refractivity (Wildman–Crippen MR) is 123 cm³/mol. The summed E-state index contributed by atoms with van der Waals surface area (Å²) in [7, 11) is 0. The van der Waals surface area contributed by atoms with Gasteiger partial charge in [-0.05, 0) is 42.7 Å². The first-order chi connectivity index (χ1) is 15.0. The van der Waals surface area contributed by atoms with Crippen molar-refractivity contribution in [2.24, 2.45) is 10.7 Å². The predicted octanol–water partition coefficient (Wildman–Crippen LogP) is 3.44. The number of carbonyl (C=O) groups excluding carboxylic acids is 2. The number of carbonyl (C=O) groups is 2. The van der Waals surface area contributed by atoms with Crippen LogP contribution in [0.1, 0.15) is 54.6 Å². The summed E-state index contributed by atoms with van der Waals surface area (Å²) in [4.78, 5) is 36.0. The molecule has 2 aromatic rings. The highest BCUT2D eigenvalue weighted by molar-refractivity contribution is 6.06. The van der Waals surface area contributed by atoms with E-state index < -0.39 is 0 Å². The molecule has 0 saturated carbocycles. The number of amidine groups is 1. The zero-order valence-corrected chi connectivity index (χ0v) is 18.1. The zero-order valence-electron chi connectivity index (χ0n) is 18.1. The van der Waals surface area contributed by atoms with Gasteiger partial charge < -0.3 is 16.0 Å². The Morgan fingerprint density at radius 1 is 1.16 bits per heavy atom. The first-order valence-corrected chi connectivity index (χ1v) is 10.7. The van der Waals surface area contributed by atoms with Gasteiger partial charge in [-0.3, -0.25) is 14.6 Å². The normalized spacial score (nSPS) is 12.8. The van der Waals surface area contributed by atoms with Crippen LogP contribution in [-0.2, 0) is 11.3 Å². The lowest BCUT2D eigenvalue weighted by Crippen LogP contribution is -2.34. The summed E-state index contributed by atoms with van der Waals surface area (Å²) in [5.41, 5.74) is 9.51. The van der Waals surface area contributed by atoms with E-state index >= 15 is 0 Å². The molecule has 0 saturated heterocycles. The van der Waals surface area contributed by atoms with Crippen molar-refractivity contribution in [3.05, 3.63) is 65.0 Å². The van der Waals surface area contributed by atoms with Gasteiger partial charge >= 0.3 is 0 Å². The second-order valence-electron chi connectivity index (χ2n) is 7.56. The molecule has 0 radical (unpaired) electrons. The van der Waals surface area contributed by atoms with E-state index in [0.717, 1.165) is 24.0 Å². The van der Waals surface area contributed by atoms with Crippen LogP contribution in [0.3, 0.4) is 0 Å². The third kappa shape index (κ3) is 5.78. The van der Waals surface area contributed by atoms with Crippen molar-refractivity contribution in [3.8, 4) is 0 Å². The molecule has 2 amide bonds. The first kappa shape index (κ1) is 22.2.